The van der Waals surface area contributed by atoms with E-state index < -0.39 is 5.92 Å². The van der Waals surface area contributed by atoms with Crippen LogP contribution < -0.4 is 5.32 Å². The van der Waals surface area contributed by atoms with Gasteiger partial charge in [0.1, 0.15) is 11.6 Å². The molecule has 0 aliphatic carbocycles. The Morgan fingerprint density at radius 1 is 1.55 bits per heavy atom. The Morgan fingerprint density at radius 2 is 2.36 bits per heavy atom. The Morgan fingerprint density at radius 3 is 3.09 bits per heavy atom. The fourth-order valence-electron chi connectivity index (χ4n) is 1.22. The highest BCUT2D eigenvalue weighted by atomic mass is 16.2. The molecule has 0 saturated carbocycles. The highest BCUT2D eigenvalue weighted by molar-refractivity contribution is 6.50. The number of hydrogen-bond acceptors (Lipinski definition) is 3. The molecule has 4 nitrogen and oxygen atoms in total. The van der Waals surface area contributed by atoms with Crippen molar-refractivity contribution >= 4 is 17.5 Å². The summed E-state index contributed by atoms with van der Waals surface area (Å²) in [5.74, 6) is -1.02. The number of carbonyl (C=O) groups excluding carboxylic acids is 2. The smallest absolute Gasteiger partial charge is 0.272 e. The molecule has 1 saturated heterocycles. The molecule has 1 fully saturated rings. The Balaban J connectivity index is 2.42. The lowest BCUT2D eigenvalue weighted by atomic mass is 10.0. The maximum atomic E-state index is 11.0. The third-order valence-electron chi connectivity index (χ3n) is 1.74. The first-order valence-electron chi connectivity index (χ1n) is 3.35. The SMILES string of the molecule is O=C1NC(=O)C2C=CCN=C12. The van der Waals surface area contributed by atoms with Gasteiger partial charge in [0.2, 0.25) is 5.91 Å². The predicted molar refractivity (Wildman–Crippen MR) is 38.1 cm³/mol. The van der Waals surface area contributed by atoms with Crippen molar-refractivity contribution in [3.8, 4) is 0 Å². The average molecular weight is 150 g/mol. The van der Waals surface area contributed by atoms with Crippen molar-refractivity contribution in [2.45, 2.75) is 0 Å². The summed E-state index contributed by atoms with van der Waals surface area (Å²) in [4.78, 5) is 25.8. The van der Waals surface area contributed by atoms with E-state index >= 15 is 0 Å². The van der Waals surface area contributed by atoms with E-state index in [2.05, 4.69) is 10.3 Å². The van der Waals surface area contributed by atoms with Crippen LogP contribution in [0.1, 0.15) is 0 Å². The minimum atomic E-state index is -0.420. The number of nitrogens with zero attached hydrogens (tertiary/aromatic N) is 1. The van der Waals surface area contributed by atoms with Crippen LogP contribution in [-0.4, -0.2) is 24.1 Å². The summed E-state index contributed by atoms with van der Waals surface area (Å²) in [6.45, 7) is 0.506. The van der Waals surface area contributed by atoms with Gasteiger partial charge in [0.15, 0.2) is 0 Å². The molecule has 0 aromatic heterocycles. The molecule has 2 rings (SSSR count). The van der Waals surface area contributed by atoms with Crippen molar-refractivity contribution in [1.29, 1.82) is 0 Å². The van der Waals surface area contributed by atoms with Gasteiger partial charge in [0, 0.05) is 0 Å². The number of fused-ring (bicyclic) bond motifs is 1. The first-order valence-corrected chi connectivity index (χ1v) is 3.35. The van der Waals surface area contributed by atoms with Gasteiger partial charge in [-0.25, -0.2) is 0 Å². The number of rotatable bonds is 0. The molecule has 0 bridgehead atoms. The number of imide groups is 1. The largest absolute Gasteiger partial charge is 0.290 e. The van der Waals surface area contributed by atoms with Gasteiger partial charge in [0.05, 0.1) is 6.54 Å². The van der Waals surface area contributed by atoms with E-state index in [0.717, 1.165) is 0 Å². The van der Waals surface area contributed by atoms with Gasteiger partial charge in [0.25, 0.3) is 5.91 Å². The normalized spacial score (nSPS) is 28.0. The summed E-state index contributed by atoms with van der Waals surface area (Å²) in [6.07, 6.45) is 3.49. The Labute approximate surface area is 63.0 Å². The molecule has 2 aliphatic rings. The first kappa shape index (κ1) is 6.27. The van der Waals surface area contributed by atoms with Gasteiger partial charge in [-0.15, -0.1) is 0 Å². The molecule has 2 amide bonds. The number of amides is 2. The fraction of sp³-hybridized carbons (Fsp3) is 0.286. The molecule has 0 aromatic carbocycles. The van der Waals surface area contributed by atoms with Gasteiger partial charge in [-0.3, -0.25) is 19.9 Å². The Bertz CT molecular complexity index is 291. The monoisotopic (exact) mass is 150 g/mol. The van der Waals surface area contributed by atoms with Crippen molar-refractivity contribution in [3.05, 3.63) is 12.2 Å². The Hall–Kier alpha value is -1.45. The number of dihydropyridines is 1. The quantitative estimate of drug-likeness (QED) is 0.365. The zero-order valence-corrected chi connectivity index (χ0v) is 5.70. The maximum Gasteiger partial charge on any atom is 0.272 e. The standard InChI is InChI=1S/C7H6N2O2/c10-6-4-2-1-3-8-5(4)7(11)9-6/h1-2,4H,3H2,(H,9,10,11). The lowest BCUT2D eigenvalue weighted by Gasteiger charge is -2.03. The van der Waals surface area contributed by atoms with Crippen LogP contribution in [0.2, 0.25) is 0 Å². The molecule has 1 atom stereocenters. The summed E-state index contributed by atoms with van der Waals surface area (Å²) in [5.41, 5.74) is 0.359. The zero-order valence-electron chi connectivity index (χ0n) is 5.70. The lowest BCUT2D eigenvalue weighted by Crippen LogP contribution is -2.22. The van der Waals surface area contributed by atoms with E-state index in [4.69, 9.17) is 0 Å². The van der Waals surface area contributed by atoms with E-state index in [1.54, 1.807) is 12.2 Å². The van der Waals surface area contributed by atoms with E-state index in [1.165, 1.54) is 0 Å². The molecule has 0 spiro atoms. The zero-order chi connectivity index (χ0) is 7.84. The molecule has 0 aromatic rings. The highest BCUT2D eigenvalue weighted by Gasteiger charge is 2.36. The van der Waals surface area contributed by atoms with E-state index in [9.17, 15) is 9.59 Å². The number of nitrogens with one attached hydrogen (secondary N) is 1. The summed E-state index contributed by atoms with van der Waals surface area (Å²) in [5, 5.41) is 2.20. The number of carbonyl (C=O) groups is 2. The molecule has 4 heteroatoms. The fourth-order valence-corrected chi connectivity index (χ4v) is 1.22. The van der Waals surface area contributed by atoms with Crippen LogP contribution in [0.25, 0.3) is 0 Å². The average Bonchev–Trinajstić information content (AvgIpc) is 2.30. The molecular weight excluding hydrogens is 144 g/mol. The van der Waals surface area contributed by atoms with Gasteiger partial charge in [-0.2, -0.15) is 0 Å². The van der Waals surface area contributed by atoms with Crippen molar-refractivity contribution in [2.24, 2.45) is 10.9 Å². The number of hydrogen-bond donors (Lipinski definition) is 1. The third kappa shape index (κ3) is 0.790. The van der Waals surface area contributed by atoms with Gasteiger partial charge < -0.3 is 0 Å². The van der Waals surface area contributed by atoms with Crippen LogP contribution in [0.5, 0.6) is 0 Å². The molecule has 11 heavy (non-hydrogen) atoms. The third-order valence-corrected chi connectivity index (χ3v) is 1.74. The van der Waals surface area contributed by atoms with Crippen molar-refractivity contribution in [1.82, 2.24) is 5.32 Å². The van der Waals surface area contributed by atoms with Gasteiger partial charge in [-0.1, -0.05) is 12.2 Å². The minimum absolute atomic E-state index is 0.260. The maximum absolute atomic E-state index is 11.0. The highest BCUT2D eigenvalue weighted by Crippen LogP contribution is 2.13. The number of aliphatic imine (C=N–C) groups is 1. The minimum Gasteiger partial charge on any atom is -0.290 e. The second-order valence-electron chi connectivity index (χ2n) is 2.45. The topological polar surface area (TPSA) is 58.5 Å². The lowest BCUT2D eigenvalue weighted by molar-refractivity contribution is -0.125. The van der Waals surface area contributed by atoms with Crippen molar-refractivity contribution < 1.29 is 9.59 Å². The molecule has 1 N–H and O–H groups in total. The molecule has 2 heterocycles. The predicted octanol–water partition coefficient (Wildman–Crippen LogP) is -0.730. The Kier molecular flexibility index (Phi) is 1.15. The van der Waals surface area contributed by atoms with Gasteiger partial charge in [-0.05, 0) is 0 Å². The molecule has 2 aliphatic heterocycles. The van der Waals surface area contributed by atoms with Crippen LogP contribution in [0.15, 0.2) is 17.1 Å². The van der Waals surface area contributed by atoms with Crippen molar-refractivity contribution in [2.75, 3.05) is 6.54 Å². The molecule has 1 unspecified atom stereocenters. The summed E-state index contributed by atoms with van der Waals surface area (Å²) in [7, 11) is 0. The summed E-state index contributed by atoms with van der Waals surface area (Å²) >= 11 is 0. The van der Waals surface area contributed by atoms with Crippen LogP contribution in [0.3, 0.4) is 0 Å². The molecule has 0 radical (unpaired) electrons. The first-order chi connectivity index (χ1) is 5.29. The second-order valence-corrected chi connectivity index (χ2v) is 2.45. The van der Waals surface area contributed by atoms with Gasteiger partial charge >= 0.3 is 0 Å². The summed E-state index contributed by atoms with van der Waals surface area (Å²) in [6, 6.07) is 0. The van der Waals surface area contributed by atoms with Crippen LogP contribution in [0.4, 0.5) is 0 Å². The van der Waals surface area contributed by atoms with Crippen molar-refractivity contribution in [3.63, 3.8) is 0 Å². The van der Waals surface area contributed by atoms with E-state index in [0.29, 0.717) is 12.3 Å². The van der Waals surface area contributed by atoms with E-state index in [1.807, 2.05) is 0 Å². The molecular formula is C7H6N2O2. The second kappa shape index (κ2) is 2.02. The molecule has 56 valence electrons. The van der Waals surface area contributed by atoms with Crippen LogP contribution in [-0.2, 0) is 9.59 Å². The van der Waals surface area contributed by atoms with Crippen LogP contribution >= 0.6 is 0 Å². The van der Waals surface area contributed by atoms with Crippen LogP contribution in [0, 0.1) is 5.92 Å². The van der Waals surface area contributed by atoms with E-state index in [-0.39, 0.29) is 11.8 Å². The summed E-state index contributed by atoms with van der Waals surface area (Å²) < 4.78 is 0.